The molecule has 2 nitrogen and oxygen atoms in total. The second-order valence-corrected chi connectivity index (χ2v) is 6.18. The predicted octanol–water partition coefficient (Wildman–Crippen LogP) is 5.00. The van der Waals surface area contributed by atoms with Gasteiger partial charge in [0.2, 0.25) is 0 Å². The first-order chi connectivity index (χ1) is 10.1. The van der Waals surface area contributed by atoms with Crippen molar-refractivity contribution in [2.45, 2.75) is 39.3 Å². The van der Waals surface area contributed by atoms with Crippen LogP contribution in [0.25, 0.3) is 0 Å². The van der Waals surface area contributed by atoms with Crippen LogP contribution < -0.4 is 10.1 Å². The molecule has 0 bridgehead atoms. The van der Waals surface area contributed by atoms with Crippen molar-refractivity contribution in [3.05, 3.63) is 58.1 Å². The van der Waals surface area contributed by atoms with Gasteiger partial charge in [-0.1, -0.05) is 23.7 Å². The Morgan fingerprint density at radius 3 is 2.57 bits per heavy atom. The van der Waals surface area contributed by atoms with Gasteiger partial charge in [-0.2, -0.15) is 0 Å². The van der Waals surface area contributed by atoms with Gasteiger partial charge in [-0.05, 0) is 67.6 Å². The van der Waals surface area contributed by atoms with Crippen LogP contribution in [0.15, 0.2) is 36.4 Å². The summed E-state index contributed by atoms with van der Waals surface area (Å²) in [4.78, 5) is 0. The van der Waals surface area contributed by atoms with E-state index in [0.29, 0.717) is 0 Å². The van der Waals surface area contributed by atoms with Gasteiger partial charge in [-0.3, -0.25) is 0 Å². The van der Waals surface area contributed by atoms with E-state index in [1.165, 1.54) is 18.4 Å². The number of nitrogens with one attached hydrogen (secondary N) is 1. The zero-order valence-corrected chi connectivity index (χ0v) is 13.2. The van der Waals surface area contributed by atoms with Crippen LogP contribution >= 0.6 is 11.6 Å². The van der Waals surface area contributed by atoms with E-state index in [9.17, 15) is 0 Å². The van der Waals surface area contributed by atoms with Gasteiger partial charge in [-0.15, -0.1) is 0 Å². The standard InChI is InChI=1S/C18H20ClNO/c1-12-10-16(6-7-17(12)19)21-18-8-3-14(9-13(18)2)11-20-15-4-5-15/h3,6-10,15,20H,4-5,11H2,1-2H3. The molecule has 0 aliphatic heterocycles. The van der Waals surface area contributed by atoms with E-state index >= 15 is 0 Å². The third-order valence-electron chi connectivity index (χ3n) is 3.77. The highest BCUT2D eigenvalue weighted by atomic mass is 35.5. The summed E-state index contributed by atoms with van der Waals surface area (Å²) in [5, 5.41) is 4.29. The summed E-state index contributed by atoms with van der Waals surface area (Å²) in [6, 6.07) is 12.8. The summed E-state index contributed by atoms with van der Waals surface area (Å²) >= 11 is 6.04. The maximum atomic E-state index is 6.04. The molecule has 2 aromatic carbocycles. The van der Waals surface area contributed by atoms with Gasteiger partial charge < -0.3 is 10.1 Å². The molecule has 0 spiro atoms. The third-order valence-corrected chi connectivity index (χ3v) is 4.19. The van der Waals surface area contributed by atoms with Crippen molar-refractivity contribution < 1.29 is 4.74 Å². The maximum absolute atomic E-state index is 6.04. The lowest BCUT2D eigenvalue weighted by Crippen LogP contribution is -2.15. The molecule has 3 rings (SSSR count). The first-order valence-corrected chi connectivity index (χ1v) is 7.76. The van der Waals surface area contributed by atoms with E-state index in [-0.39, 0.29) is 0 Å². The van der Waals surface area contributed by atoms with E-state index in [0.717, 1.165) is 40.2 Å². The first-order valence-electron chi connectivity index (χ1n) is 7.39. The zero-order valence-electron chi connectivity index (χ0n) is 12.4. The minimum Gasteiger partial charge on any atom is -0.457 e. The Hall–Kier alpha value is -1.51. The van der Waals surface area contributed by atoms with Crippen LogP contribution in [-0.2, 0) is 6.54 Å². The van der Waals surface area contributed by atoms with Gasteiger partial charge in [0.15, 0.2) is 0 Å². The average Bonchev–Trinajstić information content (AvgIpc) is 3.27. The Morgan fingerprint density at radius 1 is 1.10 bits per heavy atom. The summed E-state index contributed by atoms with van der Waals surface area (Å²) in [5.74, 6) is 1.72. The highest BCUT2D eigenvalue weighted by molar-refractivity contribution is 6.31. The van der Waals surface area contributed by atoms with Crippen LogP contribution in [0.2, 0.25) is 5.02 Å². The molecule has 110 valence electrons. The first kappa shape index (κ1) is 14.4. The van der Waals surface area contributed by atoms with Crippen LogP contribution in [0.3, 0.4) is 0 Å². The van der Waals surface area contributed by atoms with Gasteiger partial charge in [0, 0.05) is 17.6 Å². The fourth-order valence-corrected chi connectivity index (χ4v) is 2.41. The number of ether oxygens (including phenoxy) is 1. The molecule has 1 aliphatic rings. The van der Waals surface area contributed by atoms with Crippen molar-refractivity contribution in [2.24, 2.45) is 0 Å². The van der Waals surface area contributed by atoms with Crippen molar-refractivity contribution in [1.82, 2.24) is 5.32 Å². The van der Waals surface area contributed by atoms with E-state index in [2.05, 4.69) is 24.4 Å². The van der Waals surface area contributed by atoms with Crippen molar-refractivity contribution in [2.75, 3.05) is 0 Å². The molecular formula is C18H20ClNO. The fraction of sp³-hybridized carbons (Fsp3) is 0.333. The van der Waals surface area contributed by atoms with Crippen molar-refractivity contribution >= 4 is 11.6 Å². The molecule has 0 amide bonds. The van der Waals surface area contributed by atoms with Gasteiger partial charge in [0.05, 0.1) is 0 Å². The fourth-order valence-electron chi connectivity index (χ4n) is 2.29. The number of rotatable bonds is 5. The average molecular weight is 302 g/mol. The summed E-state index contributed by atoms with van der Waals surface area (Å²) in [5.41, 5.74) is 3.48. The summed E-state index contributed by atoms with van der Waals surface area (Å²) in [7, 11) is 0. The topological polar surface area (TPSA) is 21.3 Å². The Labute approximate surface area is 131 Å². The molecule has 2 aromatic rings. The van der Waals surface area contributed by atoms with Gasteiger partial charge >= 0.3 is 0 Å². The second-order valence-electron chi connectivity index (χ2n) is 5.77. The van der Waals surface area contributed by atoms with E-state index < -0.39 is 0 Å². The normalized spacial score (nSPS) is 14.2. The molecule has 0 aromatic heterocycles. The molecule has 1 saturated carbocycles. The van der Waals surface area contributed by atoms with Crippen molar-refractivity contribution in [3.8, 4) is 11.5 Å². The molecule has 0 atom stereocenters. The van der Waals surface area contributed by atoms with Gasteiger partial charge in [0.25, 0.3) is 0 Å². The summed E-state index contributed by atoms with van der Waals surface area (Å²) in [6.07, 6.45) is 2.63. The zero-order chi connectivity index (χ0) is 14.8. The minimum atomic E-state index is 0.735. The molecule has 0 saturated heterocycles. The molecule has 21 heavy (non-hydrogen) atoms. The van der Waals surface area contributed by atoms with Crippen LogP contribution in [0.1, 0.15) is 29.5 Å². The molecule has 1 aliphatic carbocycles. The number of hydrogen-bond acceptors (Lipinski definition) is 2. The van der Waals surface area contributed by atoms with E-state index in [4.69, 9.17) is 16.3 Å². The smallest absolute Gasteiger partial charge is 0.130 e. The highest BCUT2D eigenvalue weighted by Gasteiger charge is 2.19. The van der Waals surface area contributed by atoms with E-state index in [1.807, 2.05) is 31.2 Å². The summed E-state index contributed by atoms with van der Waals surface area (Å²) < 4.78 is 5.96. The monoisotopic (exact) mass is 301 g/mol. The Kier molecular flexibility index (Phi) is 4.18. The van der Waals surface area contributed by atoms with Crippen LogP contribution in [0, 0.1) is 13.8 Å². The Bertz CT molecular complexity index is 650. The molecule has 1 fully saturated rings. The van der Waals surface area contributed by atoms with E-state index in [1.54, 1.807) is 0 Å². The maximum Gasteiger partial charge on any atom is 0.130 e. The SMILES string of the molecule is Cc1cc(Oc2ccc(CNC3CC3)cc2C)ccc1Cl. The number of aryl methyl sites for hydroxylation is 2. The van der Waals surface area contributed by atoms with Crippen LogP contribution in [0.4, 0.5) is 0 Å². The number of hydrogen-bond donors (Lipinski definition) is 1. The van der Waals surface area contributed by atoms with Crippen LogP contribution in [0.5, 0.6) is 11.5 Å². The molecule has 0 radical (unpaired) electrons. The van der Waals surface area contributed by atoms with Gasteiger partial charge in [0.1, 0.15) is 11.5 Å². The highest BCUT2D eigenvalue weighted by Crippen LogP contribution is 2.29. The van der Waals surface area contributed by atoms with Crippen LogP contribution in [-0.4, -0.2) is 6.04 Å². The molecule has 0 unspecified atom stereocenters. The lowest BCUT2D eigenvalue weighted by molar-refractivity contribution is 0.478. The largest absolute Gasteiger partial charge is 0.457 e. The predicted molar refractivity (Wildman–Crippen MR) is 87.3 cm³/mol. The second kappa shape index (κ2) is 6.08. The molecule has 1 N–H and O–H groups in total. The van der Waals surface area contributed by atoms with Crippen molar-refractivity contribution in [1.29, 1.82) is 0 Å². The van der Waals surface area contributed by atoms with Crippen molar-refractivity contribution in [3.63, 3.8) is 0 Å². The lowest BCUT2D eigenvalue weighted by atomic mass is 10.1. The summed E-state index contributed by atoms with van der Waals surface area (Å²) in [6.45, 7) is 5.00. The molecular weight excluding hydrogens is 282 g/mol. The quantitative estimate of drug-likeness (QED) is 0.839. The Morgan fingerprint density at radius 2 is 1.90 bits per heavy atom. The third kappa shape index (κ3) is 3.78. The number of halogens is 1. The lowest BCUT2D eigenvalue weighted by Gasteiger charge is -2.11. The number of benzene rings is 2. The minimum absolute atomic E-state index is 0.735. The Balaban J connectivity index is 1.70. The molecule has 0 heterocycles. The van der Waals surface area contributed by atoms with Gasteiger partial charge in [-0.25, -0.2) is 0 Å². The molecule has 3 heteroatoms.